The van der Waals surface area contributed by atoms with E-state index in [1.165, 1.54) is 23.2 Å². The summed E-state index contributed by atoms with van der Waals surface area (Å²) in [6.07, 6.45) is 2.80. The molecule has 5 heteroatoms. The molecule has 2 aromatic heterocycles. The molecular weight excluding hydrogens is 236 g/mol. The molecular formula is C12H12N2O2S. The Morgan fingerprint density at radius 1 is 1.47 bits per heavy atom. The quantitative estimate of drug-likeness (QED) is 0.778. The fourth-order valence-electron chi connectivity index (χ4n) is 1.64. The number of hydrogen-bond donors (Lipinski definition) is 0. The maximum atomic E-state index is 12.0. The third kappa shape index (κ3) is 2.50. The van der Waals surface area contributed by atoms with Crippen LogP contribution in [0.1, 0.15) is 20.1 Å². The molecule has 0 N–H and O–H groups in total. The van der Waals surface area contributed by atoms with Crippen molar-refractivity contribution in [1.29, 1.82) is 0 Å². The van der Waals surface area contributed by atoms with Crippen molar-refractivity contribution in [2.75, 3.05) is 0 Å². The molecule has 0 aromatic carbocycles. The zero-order chi connectivity index (χ0) is 12.4. The Kier molecular flexibility index (Phi) is 3.19. The second kappa shape index (κ2) is 4.63. The van der Waals surface area contributed by atoms with E-state index in [-0.39, 0.29) is 17.9 Å². The Hall–Kier alpha value is -1.75. The van der Waals surface area contributed by atoms with Crippen molar-refractivity contribution >= 4 is 17.1 Å². The lowest BCUT2D eigenvalue weighted by atomic mass is 10.1. The van der Waals surface area contributed by atoms with Crippen molar-refractivity contribution in [2.45, 2.75) is 20.4 Å². The Bertz CT molecular complexity index is 613. The number of carbonyl (C=O) groups is 1. The molecule has 0 unspecified atom stereocenters. The summed E-state index contributed by atoms with van der Waals surface area (Å²) in [5, 5.41) is 0. The Labute approximate surface area is 103 Å². The molecule has 17 heavy (non-hydrogen) atoms. The van der Waals surface area contributed by atoms with Gasteiger partial charge in [-0.15, -0.1) is 11.3 Å². The van der Waals surface area contributed by atoms with Crippen LogP contribution in [-0.2, 0) is 6.54 Å². The first-order valence-corrected chi connectivity index (χ1v) is 6.00. The summed E-state index contributed by atoms with van der Waals surface area (Å²) < 4.78 is 1.31. The fourth-order valence-corrected chi connectivity index (χ4v) is 2.59. The van der Waals surface area contributed by atoms with Crippen LogP contribution < -0.4 is 5.56 Å². The highest BCUT2D eigenvalue weighted by molar-refractivity contribution is 7.12. The van der Waals surface area contributed by atoms with E-state index < -0.39 is 0 Å². The van der Waals surface area contributed by atoms with Crippen LogP contribution in [0.15, 0.2) is 29.5 Å². The first-order valence-electron chi connectivity index (χ1n) is 5.18. The summed E-state index contributed by atoms with van der Waals surface area (Å²) in [6.45, 7) is 3.92. The standard InChI is InChI=1S/C12H12N2O2S/c1-8-5-10(9(2)17-8)11(15)6-14-7-13-4-3-12(14)16/h3-5,7H,6H2,1-2H3. The minimum absolute atomic E-state index is 0.0453. The lowest BCUT2D eigenvalue weighted by Gasteiger charge is -2.02. The van der Waals surface area contributed by atoms with Gasteiger partial charge in [-0.2, -0.15) is 0 Å². The third-order valence-electron chi connectivity index (χ3n) is 2.45. The minimum atomic E-state index is -0.210. The van der Waals surface area contributed by atoms with E-state index in [2.05, 4.69) is 4.98 Å². The Morgan fingerprint density at radius 2 is 2.24 bits per heavy atom. The van der Waals surface area contributed by atoms with E-state index in [0.29, 0.717) is 5.56 Å². The summed E-state index contributed by atoms with van der Waals surface area (Å²) in [5.41, 5.74) is 0.487. The molecule has 0 aliphatic carbocycles. The largest absolute Gasteiger partial charge is 0.292 e. The number of Topliss-reactive ketones (excluding diaryl/α,β-unsaturated/α-hetero) is 1. The summed E-state index contributed by atoms with van der Waals surface area (Å²) in [5.74, 6) is -0.0537. The Balaban J connectivity index is 2.26. The lowest BCUT2D eigenvalue weighted by Crippen LogP contribution is -2.23. The highest BCUT2D eigenvalue weighted by atomic mass is 32.1. The van der Waals surface area contributed by atoms with Gasteiger partial charge in [-0.3, -0.25) is 14.2 Å². The van der Waals surface area contributed by atoms with E-state index in [0.717, 1.165) is 9.75 Å². The number of ketones is 1. The van der Waals surface area contributed by atoms with Gasteiger partial charge in [0.15, 0.2) is 5.78 Å². The molecule has 0 aliphatic rings. The van der Waals surface area contributed by atoms with Gasteiger partial charge in [0.25, 0.3) is 5.56 Å². The number of nitrogens with zero attached hydrogens (tertiary/aromatic N) is 2. The maximum absolute atomic E-state index is 12.0. The van der Waals surface area contributed by atoms with Gasteiger partial charge < -0.3 is 0 Å². The average molecular weight is 248 g/mol. The van der Waals surface area contributed by atoms with Crippen molar-refractivity contribution in [2.24, 2.45) is 0 Å². The molecule has 0 saturated heterocycles. The highest BCUT2D eigenvalue weighted by Gasteiger charge is 2.12. The summed E-state index contributed by atoms with van der Waals surface area (Å²) >= 11 is 1.59. The van der Waals surface area contributed by atoms with Crippen molar-refractivity contribution in [3.05, 3.63) is 50.3 Å². The maximum Gasteiger partial charge on any atom is 0.253 e. The lowest BCUT2D eigenvalue weighted by molar-refractivity contribution is 0.0970. The van der Waals surface area contributed by atoms with Crippen LogP contribution in [0.2, 0.25) is 0 Å². The molecule has 2 rings (SSSR count). The van der Waals surface area contributed by atoms with Crippen LogP contribution >= 0.6 is 11.3 Å². The molecule has 2 heterocycles. The monoisotopic (exact) mass is 248 g/mol. The van der Waals surface area contributed by atoms with Gasteiger partial charge in [0.05, 0.1) is 12.9 Å². The van der Waals surface area contributed by atoms with E-state index >= 15 is 0 Å². The third-order valence-corrected chi connectivity index (χ3v) is 3.41. The van der Waals surface area contributed by atoms with Gasteiger partial charge in [-0.1, -0.05) is 0 Å². The summed E-state index contributed by atoms with van der Waals surface area (Å²) in [4.78, 5) is 29.4. The minimum Gasteiger partial charge on any atom is -0.292 e. The molecule has 0 aliphatic heterocycles. The number of hydrogen-bond acceptors (Lipinski definition) is 4. The zero-order valence-corrected chi connectivity index (χ0v) is 10.5. The molecule has 0 spiro atoms. The van der Waals surface area contributed by atoms with E-state index in [1.807, 2.05) is 19.9 Å². The highest BCUT2D eigenvalue weighted by Crippen LogP contribution is 2.21. The average Bonchev–Trinajstić information content (AvgIpc) is 2.61. The van der Waals surface area contributed by atoms with E-state index in [9.17, 15) is 9.59 Å². The van der Waals surface area contributed by atoms with Crippen molar-refractivity contribution in [3.8, 4) is 0 Å². The van der Waals surface area contributed by atoms with Crippen LogP contribution in [-0.4, -0.2) is 15.3 Å². The first kappa shape index (κ1) is 11.7. The predicted molar refractivity (Wildman–Crippen MR) is 66.6 cm³/mol. The van der Waals surface area contributed by atoms with Crippen molar-refractivity contribution in [3.63, 3.8) is 0 Å². The van der Waals surface area contributed by atoms with Crippen LogP contribution in [0.4, 0.5) is 0 Å². The molecule has 0 radical (unpaired) electrons. The molecule has 2 aromatic rings. The predicted octanol–water partition coefficient (Wildman–Crippen LogP) is 1.80. The molecule has 4 nitrogen and oxygen atoms in total. The van der Waals surface area contributed by atoms with Crippen LogP contribution in [0, 0.1) is 13.8 Å². The second-order valence-electron chi connectivity index (χ2n) is 3.80. The van der Waals surface area contributed by atoms with Gasteiger partial charge in [-0.25, -0.2) is 4.98 Å². The number of rotatable bonds is 3. The normalized spacial score (nSPS) is 10.5. The second-order valence-corrected chi connectivity index (χ2v) is 5.26. The molecule has 0 amide bonds. The topological polar surface area (TPSA) is 52.0 Å². The van der Waals surface area contributed by atoms with Gasteiger partial charge in [-0.05, 0) is 19.9 Å². The molecule has 0 saturated carbocycles. The molecule has 88 valence electrons. The first-order chi connectivity index (χ1) is 8.08. The van der Waals surface area contributed by atoms with E-state index in [1.54, 1.807) is 11.3 Å². The smallest absolute Gasteiger partial charge is 0.253 e. The fraction of sp³-hybridized carbons (Fsp3) is 0.250. The van der Waals surface area contributed by atoms with Crippen LogP contribution in [0.5, 0.6) is 0 Å². The molecule has 0 fully saturated rings. The molecule has 0 bridgehead atoms. The van der Waals surface area contributed by atoms with E-state index in [4.69, 9.17) is 0 Å². The van der Waals surface area contributed by atoms with Gasteiger partial charge in [0, 0.05) is 27.6 Å². The number of aromatic nitrogens is 2. The summed E-state index contributed by atoms with van der Waals surface area (Å²) in [7, 11) is 0. The zero-order valence-electron chi connectivity index (χ0n) is 9.64. The van der Waals surface area contributed by atoms with Crippen molar-refractivity contribution in [1.82, 2.24) is 9.55 Å². The number of carbonyl (C=O) groups excluding carboxylic acids is 1. The number of thiophene rings is 1. The van der Waals surface area contributed by atoms with Gasteiger partial charge in [0.1, 0.15) is 0 Å². The molecule has 0 atom stereocenters. The van der Waals surface area contributed by atoms with Crippen LogP contribution in [0.3, 0.4) is 0 Å². The van der Waals surface area contributed by atoms with Crippen LogP contribution in [0.25, 0.3) is 0 Å². The van der Waals surface area contributed by atoms with Gasteiger partial charge in [0.2, 0.25) is 0 Å². The van der Waals surface area contributed by atoms with Crippen molar-refractivity contribution < 1.29 is 4.79 Å². The number of aryl methyl sites for hydroxylation is 2. The van der Waals surface area contributed by atoms with Gasteiger partial charge >= 0.3 is 0 Å². The summed E-state index contributed by atoms with van der Waals surface area (Å²) in [6, 6.07) is 3.21. The Morgan fingerprint density at radius 3 is 2.82 bits per heavy atom. The SMILES string of the molecule is Cc1cc(C(=O)Cn2cnccc2=O)c(C)s1.